The molecule has 6 heteroatoms. The number of para-hydroxylation sites is 1. The highest BCUT2D eigenvalue weighted by Gasteiger charge is 2.38. The van der Waals surface area contributed by atoms with Crippen LogP contribution in [0.25, 0.3) is 11.3 Å². The van der Waals surface area contributed by atoms with Crippen LogP contribution in [0.2, 0.25) is 0 Å². The first-order chi connectivity index (χ1) is 18.0. The second kappa shape index (κ2) is 12.4. The SMILES string of the molecule is CCCCCCOc1ccccc1CN(C(=O)c1ccc(-c2ccco2)cc1)C(O)(O)c1ccccc1. The largest absolute Gasteiger partial charge is 0.493 e. The molecule has 0 bridgehead atoms. The number of benzene rings is 3. The van der Waals surface area contributed by atoms with E-state index in [0.29, 0.717) is 29.2 Å². The lowest BCUT2D eigenvalue weighted by Gasteiger charge is -2.36. The molecule has 0 unspecified atom stereocenters. The number of carbonyl (C=O) groups excluding carboxylic acids is 1. The van der Waals surface area contributed by atoms with Crippen molar-refractivity contribution in [2.24, 2.45) is 0 Å². The van der Waals surface area contributed by atoms with Crippen LogP contribution in [0.5, 0.6) is 5.75 Å². The van der Waals surface area contributed by atoms with Crippen LogP contribution in [0.1, 0.15) is 54.1 Å². The molecule has 0 saturated carbocycles. The number of hydrogen-bond acceptors (Lipinski definition) is 5. The van der Waals surface area contributed by atoms with Gasteiger partial charge in [0.1, 0.15) is 11.5 Å². The predicted octanol–water partition coefficient (Wildman–Crippen LogP) is 6.34. The Morgan fingerprint density at radius 3 is 2.30 bits per heavy atom. The fourth-order valence-electron chi connectivity index (χ4n) is 4.17. The van der Waals surface area contributed by atoms with Crippen molar-refractivity contribution < 1.29 is 24.2 Å². The van der Waals surface area contributed by atoms with Crippen molar-refractivity contribution in [3.05, 3.63) is 114 Å². The second-order valence-corrected chi connectivity index (χ2v) is 8.96. The van der Waals surface area contributed by atoms with Gasteiger partial charge in [-0.15, -0.1) is 0 Å². The monoisotopic (exact) mass is 499 g/mol. The Kier molecular flexibility index (Phi) is 8.77. The highest BCUT2D eigenvalue weighted by molar-refractivity contribution is 5.95. The molecule has 0 spiro atoms. The Morgan fingerprint density at radius 1 is 0.865 bits per heavy atom. The highest BCUT2D eigenvalue weighted by atomic mass is 16.5. The Balaban J connectivity index is 1.63. The van der Waals surface area contributed by atoms with E-state index in [2.05, 4.69) is 6.92 Å². The first kappa shape index (κ1) is 26.2. The summed E-state index contributed by atoms with van der Waals surface area (Å²) < 4.78 is 11.5. The molecule has 0 saturated heterocycles. The van der Waals surface area contributed by atoms with Gasteiger partial charge in [0, 0.05) is 22.3 Å². The van der Waals surface area contributed by atoms with E-state index in [9.17, 15) is 15.0 Å². The van der Waals surface area contributed by atoms with E-state index in [1.807, 2.05) is 30.3 Å². The quantitative estimate of drug-likeness (QED) is 0.175. The van der Waals surface area contributed by atoms with Gasteiger partial charge >= 0.3 is 0 Å². The zero-order valence-electron chi connectivity index (χ0n) is 21.0. The molecule has 0 radical (unpaired) electrons. The number of aliphatic hydroxyl groups is 2. The Hall–Kier alpha value is -3.87. The van der Waals surface area contributed by atoms with Crippen LogP contribution in [0, 0.1) is 0 Å². The summed E-state index contributed by atoms with van der Waals surface area (Å²) in [6.45, 7) is 2.65. The molecule has 1 aromatic heterocycles. The third kappa shape index (κ3) is 6.47. The van der Waals surface area contributed by atoms with Crippen LogP contribution < -0.4 is 4.74 Å². The number of rotatable bonds is 12. The van der Waals surface area contributed by atoms with Crippen LogP contribution in [0.3, 0.4) is 0 Å². The fourth-order valence-corrected chi connectivity index (χ4v) is 4.17. The topological polar surface area (TPSA) is 83.1 Å². The van der Waals surface area contributed by atoms with Crippen LogP contribution in [-0.4, -0.2) is 27.6 Å². The molecule has 1 heterocycles. The Morgan fingerprint density at radius 2 is 1.59 bits per heavy atom. The average Bonchev–Trinajstić information content (AvgIpc) is 3.48. The summed E-state index contributed by atoms with van der Waals surface area (Å²) in [6.07, 6.45) is 5.90. The molecule has 4 aromatic rings. The molecule has 0 atom stereocenters. The molecule has 4 rings (SSSR count). The van der Waals surface area contributed by atoms with Gasteiger partial charge in [0.05, 0.1) is 19.4 Å². The second-order valence-electron chi connectivity index (χ2n) is 8.96. The molecule has 192 valence electrons. The highest BCUT2D eigenvalue weighted by Crippen LogP contribution is 2.30. The smallest absolute Gasteiger partial charge is 0.278 e. The summed E-state index contributed by atoms with van der Waals surface area (Å²) in [7, 11) is 0. The molecule has 0 fully saturated rings. The number of hydrogen-bond donors (Lipinski definition) is 2. The summed E-state index contributed by atoms with van der Waals surface area (Å²) in [5.74, 6) is -1.78. The summed E-state index contributed by atoms with van der Waals surface area (Å²) in [6, 6.07) is 26.2. The maximum Gasteiger partial charge on any atom is 0.278 e. The molecule has 6 nitrogen and oxygen atoms in total. The molecular formula is C31H33NO5. The van der Waals surface area contributed by atoms with Gasteiger partial charge in [-0.2, -0.15) is 0 Å². The van der Waals surface area contributed by atoms with Gasteiger partial charge in [-0.1, -0.05) is 86.8 Å². The van der Waals surface area contributed by atoms with Crippen molar-refractivity contribution in [2.45, 2.75) is 45.1 Å². The lowest BCUT2D eigenvalue weighted by atomic mass is 10.1. The number of carbonyl (C=O) groups is 1. The summed E-state index contributed by atoms with van der Waals surface area (Å²) in [5.41, 5.74) is 2.00. The maximum atomic E-state index is 13.8. The molecule has 3 aromatic carbocycles. The third-order valence-corrected chi connectivity index (χ3v) is 6.28. The average molecular weight is 500 g/mol. The molecule has 2 N–H and O–H groups in total. The molecule has 0 aliphatic rings. The van der Waals surface area contributed by atoms with Gasteiger partial charge < -0.3 is 19.4 Å². The first-order valence-electron chi connectivity index (χ1n) is 12.7. The van der Waals surface area contributed by atoms with E-state index in [-0.39, 0.29) is 12.1 Å². The number of nitrogens with zero attached hydrogens (tertiary/aromatic N) is 1. The van der Waals surface area contributed by atoms with Crippen LogP contribution in [0.4, 0.5) is 0 Å². The zero-order valence-corrected chi connectivity index (χ0v) is 21.0. The van der Waals surface area contributed by atoms with Crippen molar-refractivity contribution >= 4 is 5.91 Å². The van der Waals surface area contributed by atoms with Gasteiger partial charge in [-0.3, -0.25) is 9.69 Å². The van der Waals surface area contributed by atoms with Gasteiger partial charge in [0.2, 0.25) is 0 Å². The fraction of sp³-hybridized carbons (Fsp3) is 0.258. The van der Waals surface area contributed by atoms with Gasteiger partial charge in [0.15, 0.2) is 0 Å². The first-order valence-corrected chi connectivity index (χ1v) is 12.7. The predicted molar refractivity (Wildman–Crippen MR) is 143 cm³/mol. The van der Waals surface area contributed by atoms with Crippen LogP contribution in [0.15, 0.2) is 102 Å². The van der Waals surface area contributed by atoms with E-state index in [4.69, 9.17) is 9.15 Å². The minimum Gasteiger partial charge on any atom is -0.493 e. The molecule has 0 aliphatic heterocycles. The minimum absolute atomic E-state index is 0.0637. The van der Waals surface area contributed by atoms with Gasteiger partial charge in [-0.25, -0.2) is 0 Å². The number of amides is 1. The van der Waals surface area contributed by atoms with Crippen molar-refractivity contribution in [2.75, 3.05) is 6.61 Å². The van der Waals surface area contributed by atoms with E-state index in [0.717, 1.165) is 36.1 Å². The van der Waals surface area contributed by atoms with Crippen molar-refractivity contribution in [1.29, 1.82) is 0 Å². The van der Waals surface area contributed by atoms with Crippen molar-refractivity contribution in [1.82, 2.24) is 4.90 Å². The van der Waals surface area contributed by atoms with E-state index in [1.54, 1.807) is 66.9 Å². The summed E-state index contributed by atoms with van der Waals surface area (Å²) in [5, 5.41) is 22.6. The third-order valence-electron chi connectivity index (χ3n) is 6.28. The van der Waals surface area contributed by atoms with E-state index >= 15 is 0 Å². The standard InChI is InChI=1S/C31H33NO5/c1-2-3-4-10-21-36-29-15-9-8-12-26(29)23-32(31(34,35)27-13-6-5-7-14-27)30(33)25-19-17-24(18-20-25)28-16-11-22-37-28/h5-9,11-20,22,34-35H,2-4,10,21,23H2,1H3. The summed E-state index contributed by atoms with van der Waals surface area (Å²) >= 11 is 0. The van der Waals surface area contributed by atoms with Crippen LogP contribution in [-0.2, 0) is 12.5 Å². The molecule has 1 amide bonds. The Bertz CT molecular complexity index is 1250. The molecule has 0 aliphatic carbocycles. The van der Waals surface area contributed by atoms with E-state index < -0.39 is 11.8 Å². The summed E-state index contributed by atoms with van der Waals surface area (Å²) in [4.78, 5) is 14.8. The normalized spacial score (nSPS) is 11.3. The zero-order chi connectivity index (χ0) is 26.1. The maximum absolute atomic E-state index is 13.8. The molecular weight excluding hydrogens is 466 g/mol. The van der Waals surface area contributed by atoms with E-state index in [1.165, 1.54) is 0 Å². The lowest BCUT2D eigenvalue weighted by molar-refractivity contribution is -0.259. The lowest BCUT2D eigenvalue weighted by Crippen LogP contribution is -2.49. The number of ether oxygens (including phenoxy) is 1. The van der Waals surface area contributed by atoms with Crippen molar-refractivity contribution in [3.63, 3.8) is 0 Å². The minimum atomic E-state index is -2.55. The van der Waals surface area contributed by atoms with Crippen molar-refractivity contribution in [3.8, 4) is 17.1 Å². The van der Waals surface area contributed by atoms with Gasteiger partial charge in [0.25, 0.3) is 11.8 Å². The number of unbranched alkanes of at least 4 members (excludes halogenated alkanes) is 3. The molecule has 37 heavy (non-hydrogen) atoms. The Labute approximate surface area is 217 Å². The van der Waals surface area contributed by atoms with Crippen LogP contribution >= 0.6 is 0 Å². The number of furan rings is 1. The van der Waals surface area contributed by atoms with Gasteiger partial charge in [-0.05, 0) is 36.8 Å².